The minimum Gasteiger partial charge on any atom is -0.465 e. The monoisotopic (exact) mass is 523 g/mol. The first kappa shape index (κ1) is 26.8. The van der Waals surface area contributed by atoms with Crippen molar-refractivity contribution in [1.29, 1.82) is 5.26 Å². The molecule has 0 aliphatic heterocycles. The number of carbonyl (C=O) groups excluding carboxylic acids is 1. The molecular formula is C26H30FN7O4. The number of alkyl halides is 1. The Balaban J connectivity index is 1.58. The lowest BCUT2D eigenvalue weighted by Crippen LogP contribution is -2.43. The summed E-state index contributed by atoms with van der Waals surface area (Å²) in [5.74, 6) is -0.351. The number of carbonyl (C=O) groups is 2. The summed E-state index contributed by atoms with van der Waals surface area (Å²) < 4.78 is 15.9. The molecule has 1 aliphatic carbocycles. The van der Waals surface area contributed by atoms with Crippen molar-refractivity contribution < 1.29 is 24.2 Å². The number of halogens is 1. The zero-order valence-electron chi connectivity index (χ0n) is 21.3. The second kappa shape index (κ2) is 10.6. The number of nitrogens with one attached hydrogen (secondary N) is 2. The van der Waals surface area contributed by atoms with E-state index in [4.69, 9.17) is 10.4 Å². The zero-order valence-corrected chi connectivity index (χ0v) is 21.3. The number of anilines is 1. The third kappa shape index (κ3) is 5.84. The van der Waals surface area contributed by atoms with Crippen molar-refractivity contribution in [3.63, 3.8) is 0 Å². The van der Waals surface area contributed by atoms with Crippen LogP contribution in [0.5, 0.6) is 0 Å². The van der Waals surface area contributed by atoms with Crippen LogP contribution < -0.4 is 10.6 Å². The van der Waals surface area contributed by atoms with E-state index in [-0.39, 0.29) is 24.1 Å². The second-order valence-electron chi connectivity index (χ2n) is 10.2. The Morgan fingerprint density at radius 2 is 2.05 bits per heavy atom. The lowest BCUT2D eigenvalue weighted by molar-refractivity contribution is -0.00178. The Morgan fingerprint density at radius 3 is 2.71 bits per heavy atom. The van der Waals surface area contributed by atoms with Gasteiger partial charge < -0.3 is 25.7 Å². The Morgan fingerprint density at radius 1 is 1.32 bits per heavy atom. The van der Waals surface area contributed by atoms with Gasteiger partial charge in [0.1, 0.15) is 12.2 Å². The Bertz CT molecular complexity index is 1390. The van der Waals surface area contributed by atoms with E-state index in [9.17, 15) is 19.1 Å². The summed E-state index contributed by atoms with van der Waals surface area (Å²) in [4.78, 5) is 29.8. The molecule has 0 bridgehead atoms. The van der Waals surface area contributed by atoms with E-state index in [1.54, 1.807) is 16.6 Å². The van der Waals surface area contributed by atoms with Gasteiger partial charge in [0.2, 0.25) is 0 Å². The van der Waals surface area contributed by atoms with Gasteiger partial charge in [0.15, 0.2) is 0 Å². The second-order valence-corrected chi connectivity index (χ2v) is 10.2. The van der Waals surface area contributed by atoms with E-state index in [1.165, 1.54) is 38.2 Å². The first-order chi connectivity index (χ1) is 18.0. The molecule has 3 aromatic heterocycles. The maximum atomic E-state index is 14.2. The summed E-state index contributed by atoms with van der Waals surface area (Å²) in [6.07, 6.45) is 1.65. The van der Waals surface area contributed by atoms with Gasteiger partial charge in [-0.1, -0.05) is 0 Å². The quantitative estimate of drug-likeness (QED) is 0.334. The minimum absolute atomic E-state index is 0.00895. The molecule has 0 aromatic carbocycles. The van der Waals surface area contributed by atoms with Crippen LogP contribution in [0.2, 0.25) is 0 Å². The maximum Gasteiger partial charge on any atom is 0.407 e. The molecule has 2 amide bonds. The van der Waals surface area contributed by atoms with Gasteiger partial charge in [-0.15, -0.1) is 0 Å². The van der Waals surface area contributed by atoms with Gasteiger partial charge in [0, 0.05) is 25.8 Å². The number of amides is 2. The number of nitriles is 1. The van der Waals surface area contributed by atoms with Crippen molar-refractivity contribution >= 4 is 23.2 Å². The van der Waals surface area contributed by atoms with Gasteiger partial charge in [-0.3, -0.25) is 9.78 Å². The number of hydrogen-bond acceptors (Lipinski definition) is 7. The topological polar surface area (TPSA) is 156 Å². The maximum absolute atomic E-state index is 14.2. The van der Waals surface area contributed by atoms with Crippen LogP contribution in [-0.2, 0) is 0 Å². The first-order valence-corrected chi connectivity index (χ1v) is 12.2. The normalized spacial score (nSPS) is 17.8. The Hall–Kier alpha value is -4.24. The van der Waals surface area contributed by atoms with Crippen molar-refractivity contribution in [3.8, 4) is 17.5 Å². The number of rotatable bonds is 9. The average molecular weight is 524 g/mol. The number of aliphatic hydroxyl groups is 1. The largest absolute Gasteiger partial charge is 0.465 e. The van der Waals surface area contributed by atoms with Gasteiger partial charge in [0.05, 0.1) is 52.1 Å². The summed E-state index contributed by atoms with van der Waals surface area (Å²) >= 11 is 0. The van der Waals surface area contributed by atoms with Crippen LogP contribution in [0.4, 0.5) is 14.9 Å². The van der Waals surface area contributed by atoms with Crippen molar-refractivity contribution in [3.05, 3.63) is 47.8 Å². The molecule has 11 nitrogen and oxygen atoms in total. The van der Waals surface area contributed by atoms with E-state index in [1.807, 2.05) is 12.1 Å². The predicted octanol–water partition coefficient (Wildman–Crippen LogP) is 2.91. The lowest BCUT2D eigenvalue weighted by Gasteiger charge is -2.38. The highest BCUT2D eigenvalue weighted by molar-refractivity contribution is 6.00. The lowest BCUT2D eigenvalue weighted by atomic mass is 9.79. The molecule has 38 heavy (non-hydrogen) atoms. The highest BCUT2D eigenvalue weighted by Crippen LogP contribution is 2.33. The summed E-state index contributed by atoms with van der Waals surface area (Å²) in [6, 6.07) is 9.11. The molecule has 1 unspecified atom stereocenters. The highest BCUT2D eigenvalue weighted by Gasteiger charge is 2.32. The van der Waals surface area contributed by atoms with E-state index in [2.05, 4.69) is 26.8 Å². The summed E-state index contributed by atoms with van der Waals surface area (Å²) in [5.41, 5.74) is 1.42. The van der Waals surface area contributed by atoms with Crippen molar-refractivity contribution in [2.45, 2.75) is 44.5 Å². The smallest absolute Gasteiger partial charge is 0.407 e. The molecule has 12 heteroatoms. The molecule has 1 saturated carbocycles. The molecule has 3 heterocycles. The molecule has 1 fully saturated rings. The number of hydrogen-bond donors (Lipinski definition) is 4. The number of fused-ring (bicyclic) bond motifs is 1. The summed E-state index contributed by atoms with van der Waals surface area (Å²) in [5, 5.41) is 38.3. The highest BCUT2D eigenvalue weighted by atomic mass is 19.1. The fourth-order valence-electron chi connectivity index (χ4n) is 4.37. The molecular weight excluding hydrogens is 493 g/mol. The van der Waals surface area contributed by atoms with Crippen LogP contribution in [0.15, 0.2) is 36.7 Å². The number of nitrogens with zero attached hydrogens (tertiary/aromatic N) is 5. The predicted molar refractivity (Wildman–Crippen MR) is 137 cm³/mol. The summed E-state index contributed by atoms with van der Waals surface area (Å²) in [7, 11) is 1.53. The minimum atomic E-state index is -1.66. The first-order valence-electron chi connectivity index (χ1n) is 12.2. The van der Waals surface area contributed by atoms with Gasteiger partial charge >= 0.3 is 6.09 Å². The van der Waals surface area contributed by atoms with Crippen LogP contribution in [0.1, 0.15) is 42.6 Å². The number of carboxylic acid groups (broad SMARTS) is 1. The molecule has 3 aromatic rings. The fourth-order valence-corrected chi connectivity index (χ4v) is 4.37. The molecule has 4 rings (SSSR count). The van der Waals surface area contributed by atoms with E-state index >= 15 is 0 Å². The van der Waals surface area contributed by atoms with Gasteiger partial charge in [-0.2, -0.15) is 10.4 Å². The Kier molecular flexibility index (Phi) is 7.50. The van der Waals surface area contributed by atoms with Gasteiger partial charge in [-0.25, -0.2) is 13.7 Å². The van der Waals surface area contributed by atoms with Gasteiger partial charge in [-0.05, 0) is 56.9 Å². The van der Waals surface area contributed by atoms with Crippen LogP contribution in [0.3, 0.4) is 0 Å². The van der Waals surface area contributed by atoms with Crippen molar-refractivity contribution in [2.24, 2.45) is 5.92 Å². The molecule has 0 spiro atoms. The molecule has 200 valence electrons. The molecule has 0 saturated heterocycles. The van der Waals surface area contributed by atoms with Crippen LogP contribution in [-0.4, -0.2) is 79.7 Å². The number of aromatic nitrogens is 3. The van der Waals surface area contributed by atoms with E-state index in [0.29, 0.717) is 47.5 Å². The van der Waals surface area contributed by atoms with Crippen LogP contribution in [0.25, 0.3) is 16.9 Å². The number of pyridine rings is 1. The van der Waals surface area contributed by atoms with E-state index < -0.39 is 23.8 Å². The molecule has 1 aliphatic rings. The van der Waals surface area contributed by atoms with Crippen molar-refractivity contribution in [1.82, 2.24) is 24.8 Å². The van der Waals surface area contributed by atoms with Crippen LogP contribution in [0, 0.1) is 17.2 Å². The van der Waals surface area contributed by atoms with E-state index in [0.717, 1.165) is 0 Å². The molecule has 0 radical (unpaired) electrons. The SMILES string of the molecule is CN(CC1CC(Nc2cc(-c3ccc4cc(C#N)cnn34)ncc2C(=O)NCC(F)C(C)(C)O)C1)C(=O)O. The fraction of sp³-hybridized carbons (Fsp3) is 0.423. The third-order valence-electron chi connectivity index (χ3n) is 6.70. The Labute approximate surface area is 218 Å². The molecule has 4 N–H and O–H groups in total. The average Bonchev–Trinajstić information content (AvgIpc) is 3.28. The van der Waals surface area contributed by atoms with Gasteiger partial charge in [0.25, 0.3) is 5.91 Å². The van der Waals surface area contributed by atoms with Crippen molar-refractivity contribution in [2.75, 3.05) is 25.5 Å². The molecule has 1 atom stereocenters. The standard InChI is InChI=1S/C26H30FN7O4/c1-26(2,38)23(27)13-30-24(35)19-12-29-21(22-5-4-18-8-16(10-28)11-31-34(18)22)9-20(19)32-17-6-15(7-17)14-33(3)25(36)37/h4-5,8-9,11-12,15,17,23,38H,6-7,13-14H2,1-3H3,(H,29,32)(H,30,35)(H,36,37). The summed E-state index contributed by atoms with van der Waals surface area (Å²) in [6.45, 7) is 2.71. The third-order valence-corrected chi connectivity index (χ3v) is 6.70. The van der Waals surface area contributed by atoms with Crippen LogP contribution >= 0.6 is 0 Å². The zero-order chi connectivity index (χ0) is 27.6.